The maximum Gasteiger partial charge on any atom is 0.320 e. The van der Waals surface area contributed by atoms with Gasteiger partial charge in [-0.1, -0.05) is 44.9 Å². The van der Waals surface area contributed by atoms with Gasteiger partial charge in [0.25, 0.3) is 0 Å². The van der Waals surface area contributed by atoms with Crippen LogP contribution in [0.2, 0.25) is 0 Å². The number of benzene rings is 1. The lowest BCUT2D eigenvalue weighted by Gasteiger charge is -2.15. The van der Waals surface area contributed by atoms with Gasteiger partial charge in [0.1, 0.15) is 5.82 Å². The predicted molar refractivity (Wildman–Crippen MR) is 85.3 cm³/mol. The minimum Gasteiger partial charge on any atom is -0.465 e. The van der Waals surface area contributed by atoms with Crippen molar-refractivity contribution in [2.45, 2.75) is 46.0 Å². The van der Waals surface area contributed by atoms with Gasteiger partial charge in [-0.15, -0.1) is 0 Å². The van der Waals surface area contributed by atoms with Crippen molar-refractivity contribution in [3.63, 3.8) is 0 Å². The third-order valence-corrected chi connectivity index (χ3v) is 3.44. The molecule has 1 rings (SSSR count). The molecule has 23 heavy (non-hydrogen) atoms. The van der Waals surface area contributed by atoms with E-state index in [1.807, 2.05) is 13.8 Å². The first kappa shape index (κ1) is 19.1. The van der Waals surface area contributed by atoms with Crippen LogP contribution in [0.15, 0.2) is 24.3 Å². The molecular weight excluding hydrogens is 299 g/mol. The molecule has 0 aliphatic carbocycles. The number of hydrogen-bond donors (Lipinski definition) is 0. The summed E-state index contributed by atoms with van der Waals surface area (Å²) in [6.45, 7) is 4.46. The molecule has 0 fully saturated rings. The van der Waals surface area contributed by atoms with Crippen LogP contribution < -0.4 is 0 Å². The first-order valence-electron chi connectivity index (χ1n) is 8.16. The first-order chi connectivity index (χ1) is 11.1. The number of hydrogen-bond acceptors (Lipinski definition) is 4. The Bertz CT molecular complexity index is 480. The second-order valence-corrected chi connectivity index (χ2v) is 5.39. The highest BCUT2D eigenvalue weighted by Crippen LogP contribution is 2.16. The van der Waals surface area contributed by atoms with E-state index in [1.54, 1.807) is 18.2 Å². The molecule has 1 aromatic carbocycles. The molecule has 0 bridgehead atoms. The SMILES string of the molecule is CCCCOC(=O)C(Cc1ccccc1F)C(=O)OCCCC. The van der Waals surface area contributed by atoms with Crippen LogP contribution in [0.3, 0.4) is 0 Å². The molecule has 0 N–H and O–H groups in total. The van der Waals surface area contributed by atoms with Crippen molar-refractivity contribution >= 4 is 11.9 Å². The summed E-state index contributed by atoms with van der Waals surface area (Å²) in [7, 11) is 0. The van der Waals surface area contributed by atoms with Crippen molar-refractivity contribution in [1.29, 1.82) is 0 Å². The molecule has 0 radical (unpaired) electrons. The number of carbonyl (C=O) groups is 2. The molecule has 0 saturated heterocycles. The van der Waals surface area contributed by atoms with Crippen LogP contribution in [-0.2, 0) is 25.5 Å². The second-order valence-electron chi connectivity index (χ2n) is 5.39. The van der Waals surface area contributed by atoms with Crippen LogP contribution >= 0.6 is 0 Å². The minimum absolute atomic E-state index is 0.0530. The zero-order chi connectivity index (χ0) is 17.1. The molecular formula is C18H25FO4. The van der Waals surface area contributed by atoms with Crippen molar-refractivity contribution in [2.24, 2.45) is 5.92 Å². The Kier molecular flexibility index (Phi) is 8.95. The fraction of sp³-hybridized carbons (Fsp3) is 0.556. The number of halogens is 1. The Morgan fingerprint density at radius 3 is 2.00 bits per heavy atom. The van der Waals surface area contributed by atoms with E-state index in [9.17, 15) is 14.0 Å². The molecule has 0 aliphatic heterocycles. The topological polar surface area (TPSA) is 52.6 Å². The molecule has 4 nitrogen and oxygen atoms in total. The fourth-order valence-electron chi connectivity index (χ4n) is 1.98. The highest BCUT2D eigenvalue weighted by Gasteiger charge is 2.30. The van der Waals surface area contributed by atoms with Gasteiger partial charge in [0.05, 0.1) is 13.2 Å². The van der Waals surface area contributed by atoms with Crippen LogP contribution in [0, 0.1) is 11.7 Å². The van der Waals surface area contributed by atoms with Crippen molar-refractivity contribution in [3.8, 4) is 0 Å². The van der Waals surface area contributed by atoms with Gasteiger partial charge >= 0.3 is 11.9 Å². The summed E-state index contributed by atoms with van der Waals surface area (Å²) >= 11 is 0. The van der Waals surface area contributed by atoms with Gasteiger partial charge < -0.3 is 9.47 Å². The Balaban J connectivity index is 2.76. The van der Waals surface area contributed by atoms with Crippen LogP contribution in [0.5, 0.6) is 0 Å². The summed E-state index contributed by atoms with van der Waals surface area (Å²) < 4.78 is 24.0. The summed E-state index contributed by atoms with van der Waals surface area (Å²) in [6, 6.07) is 6.09. The molecule has 0 atom stereocenters. The number of carbonyl (C=O) groups excluding carboxylic acids is 2. The maximum atomic E-state index is 13.8. The van der Waals surface area contributed by atoms with Crippen LogP contribution in [0.4, 0.5) is 4.39 Å². The molecule has 0 saturated carbocycles. The Labute approximate surface area is 137 Å². The van der Waals surface area contributed by atoms with E-state index in [2.05, 4.69) is 0 Å². The standard InChI is InChI=1S/C18H25FO4/c1-3-5-11-22-17(20)15(18(21)23-12-6-4-2)13-14-9-7-8-10-16(14)19/h7-10,15H,3-6,11-13H2,1-2H3. The summed E-state index contributed by atoms with van der Waals surface area (Å²) in [5, 5.41) is 0. The van der Waals surface area contributed by atoms with Crippen LogP contribution in [0.25, 0.3) is 0 Å². The lowest BCUT2D eigenvalue weighted by atomic mass is 9.99. The number of esters is 2. The van der Waals surface area contributed by atoms with E-state index >= 15 is 0 Å². The smallest absolute Gasteiger partial charge is 0.320 e. The number of unbranched alkanes of at least 4 members (excludes halogenated alkanes) is 2. The molecule has 0 amide bonds. The average molecular weight is 324 g/mol. The lowest BCUT2D eigenvalue weighted by molar-refractivity contribution is -0.162. The fourth-order valence-corrected chi connectivity index (χ4v) is 1.98. The van der Waals surface area contributed by atoms with Gasteiger partial charge in [-0.3, -0.25) is 9.59 Å². The Morgan fingerprint density at radius 2 is 1.52 bits per heavy atom. The predicted octanol–water partition coefficient (Wildman–Crippen LogP) is 3.67. The molecule has 5 heteroatoms. The van der Waals surface area contributed by atoms with Crippen molar-refractivity contribution in [1.82, 2.24) is 0 Å². The molecule has 0 heterocycles. The highest BCUT2D eigenvalue weighted by atomic mass is 19.1. The van der Waals surface area contributed by atoms with Gasteiger partial charge in [0.15, 0.2) is 5.92 Å². The van der Waals surface area contributed by atoms with Gasteiger partial charge in [0, 0.05) is 0 Å². The largest absolute Gasteiger partial charge is 0.465 e. The summed E-state index contributed by atoms with van der Waals surface area (Å²) in [5.41, 5.74) is 0.303. The minimum atomic E-state index is -1.12. The van der Waals surface area contributed by atoms with E-state index in [-0.39, 0.29) is 19.6 Å². The van der Waals surface area contributed by atoms with Crippen molar-refractivity contribution < 1.29 is 23.5 Å². The molecule has 0 aromatic heterocycles. The highest BCUT2D eigenvalue weighted by molar-refractivity contribution is 5.95. The van der Waals surface area contributed by atoms with E-state index in [1.165, 1.54) is 6.07 Å². The van der Waals surface area contributed by atoms with E-state index in [4.69, 9.17) is 9.47 Å². The number of ether oxygens (including phenoxy) is 2. The maximum absolute atomic E-state index is 13.8. The summed E-state index contributed by atoms with van der Waals surface area (Å²) in [4.78, 5) is 24.3. The normalized spacial score (nSPS) is 10.6. The monoisotopic (exact) mass is 324 g/mol. The Morgan fingerprint density at radius 1 is 1.00 bits per heavy atom. The van der Waals surface area contributed by atoms with Gasteiger partial charge in [-0.25, -0.2) is 4.39 Å². The van der Waals surface area contributed by atoms with Gasteiger partial charge in [0.2, 0.25) is 0 Å². The van der Waals surface area contributed by atoms with Gasteiger partial charge in [-0.05, 0) is 30.9 Å². The molecule has 128 valence electrons. The van der Waals surface area contributed by atoms with E-state index in [0.717, 1.165) is 25.7 Å². The lowest BCUT2D eigenvalue weighted by Crippen LogP contribution is -2.30. The summed E-state index contributed by atoms with van der Waals surface area (Å²) in [6.07, 6.45) is 3.16. The van der Waals surface area contributed by atoms with E-state index < -0.39 is 23.7 Å². The average Bonchev–Trinajstić information content (AvgIpc) is 2.54. The number of rotatable bonds is 10. The van der Waals surface area contributed by atoms with Crippen molar-refractivity contribution in [2.75, 3.05) is 13.2 Å². The third-order valence-electron chi connectivity index (χ3n) is 3.44. The molecule has 0 spiro atoms. The molecule has 1 aromatic rings. The van der Waals surface area contributed by atoms with Crippen molar-refractivity contribution in [3.05, 3.63) is 35.6 Å². The van der Waals surface area contributed by atoms with Crippen LogP contribution in [0.1, 0.15) is 45.1 Å². The first-order valence-corrected chi connectivity index (χ1v) is 8.16. The van der Waals surface area contributed by atoms with E-state index in [0.29, 0.717) is 5.56 Å². The molecule has 0 unspecified atom stereocenters. The second kappa shape index (κ2) is 10.8. The Hall–Kier alpha value is -1.91. The summed E-state index contributed by atoms with van der Waals surface area (Å²) in [5.74, 6) is -2.87. The van der Waals surface area contributed by atoms with Gasteiger partial charge in [-0.2, -0.15) is 0 Å². The third kappa shape index (κ3) is 6.80. The van der Waals surface area contributed by atoms with Crippen LogP contribution in [-0.4, -0.2) is 25.2 Å². The zero-order valence-electron chi connectivity index (χ0n) is 13.8. The quantitative estimate of drug-likeness (QED) is 0.374. The zero-order valence-corrected chi connectivity index (χ0v) is 13.8. The molecule has 0 aliphatic rings.